The van der Waals surface area contributed by atoms with Crippen molar-refractivity contribution < 1.29 is 22.7 Å². The first-order valence-corrected chi connectivity index (χ1v) is 10.2. The molecule has 7 nitrogen and oxygen atoms in total. The van der Waals surface area contributed by atoms with Gasteiger partial charge in [-0.3, -0.25) is 4.79 Å². The van der Waals surface area contributed by atoms with E-state index in [0.29, 0.717) is 5.75 Å². The zero-order valence-electron chi connectivity index (χ0n) is 14.8. The third-order valence-electron chi connectivity index (χ3n) is 4.61. The Balaban J connectivity index is 1.91. The summed E-state index contributed by atoms with van der Waals surface area (Å²) in [6.45, 7) is 0.146. The van der Waals surface area contributed by atoms with Crippen LogP contribution in [-0.2, 0) is 28.0 Å². The zero-order chi connectivity index (χ0) is 19.4. The van der Waals surface area contributed by atoms with Crippen molar-refractivity contribution in [1.82, 2.24) is 0 Å². The Labute approximate surface area is 158 Å². The second-order valence-electron chi connectivity index (χ2n) is 6.43. The summed E-state index contributed by atoms with van der Waals surface area (Å²) < 4.78 is 35.2. The third kappa shape index (κ3) is 4.47. The van der Waals surface area contributed by atoms with E-state index < -0.39 is 10.0 Å². The number of hydrogen-bond donors (Lipinski definition) is 2. The standard InChI is InChI=1S/C19H22N2O5S/c20-11-14-5-1-2-8-16(14)25-12-15-17(26-19(22)13-6-3-7-13)9-4-10-18(15)27(21,23)24/h1-2,4-5,8-10,13H,3,6-7,11-12,20H2,(H2,21,23,24). The van der Waals surface area contributed by atoms with Gasteiger partial charge in [-0.25, -0.2) is 13.6 Å². The molecule has 0 spiro atoms. The van der Waals surface area contributed by atoms with Crippen molar-refractivity contribution in [3.8, 4) is 11.5 Å². The summed E-state index contributed by atoms with van der Waals surface area (Å²) in [5.74, 6) is 0.162. The van der Waals surface area contributed by atoms with Gasteiger partial charge in [-0.2, -0.15) is 0 Å². The number of carbonyl (C=O) groups excluding carboxylic acids is 1. The van der Waals surface area contributed by atoms with E-state index in [4.69, 9.17) is 20.3 Å². The van der Waals surface area contributed by atoms with E-state index >= 15 is 0 Å². The van der Waals surface area contributed by atoms with Gasteiger partial charge in [0.25, 0.3) is 0 Å². The lowest BCUT2D eigenvalue weighted by Gasteiger charge is -2.24. The fraction of sp³-hybridized carbons (Fsp3) is 0.316. The van der Waals surface area contributed by atoms with E-state index in [9.17, 15) is 13.2 Å². The zero-order valence-corrected chi connectivity index (χ0v) is 15.6. The summed E-state index contributed by atoms with van der Waals surface area (Å²) in [6.07, 6.45) is 2.55. The maximum absolute atomic E-state index is 12.2. The molecular formula is C19H22N2O5S. The number of carbonyl (C=O) groups is 1. The topological polar surface area (TPSA) is 122 Å². The summed E-state index contributed by atoms with van der Waals surface area (Å²) in [7, 11) is -4.02. The van der Waals surface area contributed by atoms with Crippen molar-refractivity contribution in [1.29, 1.82) is 0 Å². The van der Waals surface area contributed by atoms with Crippen LogP contribution in [0.5, 0.6) is 11.5 Å². The van der Waals surface area contributed by atoms with Gasteiger partial charge in [0, 0.05) is 12.1 Å². The maximum atomic E-state index is 12.2. The van der Waals surface area contributed by atoms with Crippen molar-refractivity contribution in [3.05, 3.63) is 53.6 Å². The molecule has 3 rings (SSSR count). The first-order valence-electron chi connectivity index (χ1n) is 8.67. The molecule has 1 fully saturated rings. The van der Waals surface area contributed by atoms with Crippen molar-refractivity contribution >= 4 is 16.0 Å². The van der Waals surface area contributed by atoms with E-state index in [-0.39, 0.29) is 41.2 Å². The number of benzene rings is 2. The van der Waals surface area contributed by atoms with Crippen LogP contribution in [0.4, 0.5) is 0 Å². The van der Waals surface area contributed by atoms with Gasteiger partial charge in [-0.15, -0.1) is 0 Å². The number of ether oxygens (including phenoxy) is 2. The Morgan fingerprint density at radius 2 is 1.78 bits per heavy atom. The molecule has 0 radical (unpaired) electrons. The minimum absolute atomic E-state index is 0.128. The van der Waals surface area contributed by atoms with Gasteiger partial charge in [-0.1, -0.05) is 30.7 Å². The van der Waals surface area contributed by atoms with Crippen LogP contribution in [0.3, 0.4) is 0 Å². The number of esters is 1. The quantitative estimate of drug-likeness (QED) is 0.551. The fourth-order valence-corrected chi connectivity index (χ4v) is 3.62. The molecule has 1 aliphatic rings. The summed E-state index contributed by atoms with van der Waals surface area (Å²) in [5.41, 5.74) is 6.69. The number of nitrogens with two attached hydrogens (primary N) is 2. The highest BCUT2D eigenvalue weighted by atomic mass is 32.2. The average molecular weight is 390 g/mol. The monoisotopic (exact) mass is 390 g/mol. The minimum Gasteiger partial charge on any atom is -0.488 e. The smallest absolute Gasteiger partial charge is 0.314 e. The molecule has 0 unspecified atom stereocenters. The lowest BCUT2D eigenvalue weighted by Crippen LogP contribution is -2.27. The van der Waals surface area contributed by atoms with Crippen molar-refractivity contribution in [2.24, 2.45) is 16.8 Å². The van der Waals surface area contributed by atoms with Crippen LogP contribution in [0, 0.1) is 5.92 Å². The van der Waals surface area contributed by atoms with E-state index in [1.165, 1.54) is 12.1 Å². The fourth-order valence-electron chi connectivity index (χ4n) is 2.85. The molecule has 0 saturated heterocycles. The Morgan fingerprint density at radius 3 is 2.41 bits per heavy atom. The third-order valence-corrected chi connectivity index (χ3v) is 5.61. The molecule has 2 aromatic carbocycles. The van der Waals surface area contributed by atoms with E-state index in [2.05, 4.69) is 0 Å². The highest BCUT2D eigenvalue weighted by molar-refractivity contribution is 7.89. The number of primary sulfonamides is 1. The largest absolute Gasteiger partial charge is 0.488 e. The number of sulfonamides is 1. The number of rotatable bonds is 7. The van der Waals surface area contributed by atoms with Crippen LogP contribution in [0.15, 0.2) is 47.4 Å². The molecule has 0 bridgehead atoms. The first kappa shape index (κ1) is 19.3. The molecule has 0 amide bonds. The lowest BCUT2D eigenvalue weighted by molar-refractivity contribution is -0.141. The van der Waals surface area contributed by atoms with Crippen molar-refractivity contribution in [3.63, 3.8) is 0 Å². The molecule has 0 aliphatic heterocycles. The number of hydrogen-bond acceptors (Lipinski definition) is 6. The van der Waals surface area contributed by atoms with Gasteiger partial charge < -0.3 is 15.2 Å². The van der Waals surface area contributed by atoms with E-state index in [1.54, 1.807) is 18.2 Å². The predicted octanol–water partition coefficient (Wildman–Crippen LogP) is 2.08. The highest BCUT2D eigenvalue weighted by Crippen LogP contribution is 2.32. The summed E-state index contributed by atoms with van der Waals surface area (Å²) in [5, 5.41) is 5.34. The normalized spacial score (nSPS) is 14.4. The Kier molecular flexibility index (Phi) is 5.79. The first-order chi connectivity index (χ1) is 12.9. The molecular weight excluding hydrogens is 368 g/mol. The summed E-state index contributed by atoms with van der Waals surface area (Å²) in [4.78, 5) is 12.1. The van der Waals surface area contributed by atoms with Crippen LogP contribution in [0.2, 0.25) is 0 Å². The Hall–Kier alpha value is -2.42. The van der Waals surface area contributed by atoms with Gasteiger partial charge in [-0.05, 0) is 31.0 Å². The van der Waals surface area contributed by atoms with Crippen LogP contribution < -0.4 is 20.3 Å². The molecule has 144 valence electrons. The van der Waals surface area contributed by atoms with Gasteiger partial charge in [0.1, 0.15) is 18.1 Å². The molecule has 0 heterocycles. The van der Waals surface area contributed by atoms with Gasteiger partial charge in [0.2, 0.25) is 10.0 Å². The maximum Gasteiger partial charge on any atom is 0.314 e. The van der Waals surface area contributed by atoms with Crippen LogP contribution in [-0.4, -0.2) is 14.4 Å². The lowest BCUT2D eigenvalue weighted by atomic mass is 9.86. The Morgan fingerprint density at radius 1 is 1.07 bits per heavy atom. The van der Waals surface area contributed by atoms with Gasteiger partial charge >= 0.3 is 5.97 Å². The SMILES string of the molecule is NCc1ccccc1OCc1c(OC(=O)C2CCC2)cccc1S(N)(=O)=O. The van der Waals surface area contributed by atoms with E-state index in [0.717, 1.165) is 24.8 Å². The highest BCUT2D eigenvalue weighted by Gasteiger charge is 2.29. The van der Waals surface area contributed by atoms with Gasteiger partial charge in [0.15, 0.2) is 0 Å². The summed E-state index contributed by atoms with van der Waals surface area (Å²) in [6, 6.07) is 11.6. The molecule has 8 heteroatoms. The predicted molar refractivity (Wildman–Crippen MR) is 99.5 cm³/mol. The molecule has 2 aromatic rings. The minimum atomic E-state index is -4.02. The molecule has 1 aliphatic carbocycles. The molecule has 4 N–H and O–H groups in total. The molecule has 27 heavy (non-hydrogen) atoms. The molecule has 0 atom stereocenters. The Bertz CT molecular complexity index is 939. The van der Waals surface area contributed by atoms with Crippen molar-refractivity contribution in [2.75, 3.05) is 0 Å². The average Bonchev–Trinajstić information content (AvgIpc) is 2.58. The van der Waals surface area contributed by atoms with Crippen LogP contribution in [0.25, 0.3) is 0 Å². The summed E-state index contributed by atoms with van der Waals surface area (Å²) >= 11 is 0. The second-order valence-corrected chi connectivity index (χ2v) is 7.96. The second kappa shape index (κ2) is 8.08. The van der Waals surface area contributed by atoms with Crippen LogP contribution in [0.1, 0.15) is 30.4 Å². The molecule has 0 aromatic heterocycles. The van der Waals surface area contributed by atoms with E-state index in [1.807, 2.05) is 12.1 Å². The van der Waals surface area contributed by atoms with Gasteiger partial charge in [0.05, 0.1) is 16.4 Å². The number of para-hydroxylation sites is 1. The molecule has 1 saturated carbocycles. The van der Waals surface area contributed by atoms with Crippen molar-refractivity contribution in [2.45, 2.75) is 37.3 Å². The van der Waals surface area contributed by atoms with Crippen LogP contribution >= 0.6 is 0 Å².